The van der Waals surface area contributed by atoms with Crippen LogP contribution in [0.25, 0.3) is 5.57 Å². The third-order valence-corrected chi connectivity index (χ3v) is 6.38. The highest BCUT2D eigenvalue weighted by molar-refractivity contribution is 7.59. The highest BCUT2D eigenvalue weighted by Gasteiger charge is 2.48. The lowest BCUT2D eigenvalue weighted by atomic mass is 9.89. The van der Waals surface area contributed by atoms with Crippen LogP contribution in [-0.2, 0) is 13.6 Å². The van der Waals surface area contributed by atoms with E-state index in [1.807, 2.05) is 20.8 Å². The van der Waals surface area contributed by atoms with Gasteiger partial charge in [0.1, 0.15) is 0 Å². The maximum absolute atomic E-state index is 13.2. The van der Waals surface area contributed by atoms with E-state index in [0.717, 1.165) is 35.7 Å². The number of rotatable bonds is 6. The van der Waals surface area contributed by atoms with Gasteiger partial charge in [0.2, 0.25) is 0 Å². The predicted octanol–water partition coefficient (Wildman–Crippen LogP) is 5.93. The molecule has 0 saturated heterocycles. The number of hydrogen-bond donors (Lipinski definition) is 0. The normalized spacial score (nSPS) is 24.0. The third kappa shape index (κ3) is 3.37. The van der Waals surface area contributed by atoms with Crippen molar-refractivity contribution in [2.24, 2.45) is 0 Å². The maximum Gasteiger partial charge on any atom is 0.358 e. The van der Waals surface area contributed by atoms with Crippen molar-refractivity contribution in [1.29, 1.82) is 0 Å². The Morgan fingerprint density at radius 1 is 1.18 bits per heavy atom. The minimum Gasteiger partial charge on any atom is -0.306 e. The first kappa shape index (κ1) is 17.5. The molecule has 1 aliphatic rings. The van der Waals surface area contributed by atoms with Crippen LogP contribution in [0, 0.1) is 6.92 Å². The number of unbranched alkanes of at least 4 members (excludes halogenated alkanes) is 1. The Morgan fingerprint density at radius 3 is 2.36 bits per heavy atom. The molecule has 1 heterocycles. The second kappa shape index (κ2) is 6.70. The minimum atomic E-state index is -3.19. The standard InChI is InChI=1S/C18H27O3P/c1-6-8-9-16-17(15-12-10-14(3)11-13-15)18(4,5)21-22(16,19)20-7-2/h10-13H,6-9H2,1-5H3. The van der Waals surface area contributed by atoms with Gasteiger partial charge in [-0.05, 0) is 46.1 Å². The van der Waals surface area contributed by atoms with E-state index >= 15 is 0 Å². The molecule has 1 aromatic rings. The molecular weight excluding hydrogens is 295 g/mol. The van der Waals surface area contributed by atoms with Gasteiger partial charge >= 0.3 is 7.60 Å². The van der Waals surface area contributed by atoms with Crippen LogP contribution in [0.3, 0.4) is 0 Å². The van der Waals surface area contributed by atoms with Crippen molar-refractivity contribution in [1.82, 2.24) is 0 Å². The Bertz CT molecular complexity index is 599. The van der Waals surface area contributed by atoms with Crippen molar-refractivity contribution in [3.63, 3.8) is 0 Å². The molecule has 1 atom stereocenters. The van der Waals surface area contributed by atoms with Crippen molar-refractivity contribution in [3.8, 4) is 0 Å². The summed E-state index contributed by atoms with van der Waals surface area (Å²) < 4.78 is 24.7. The lowest BCUT2D eigenvalue weighted by molar-refractivity contribution is 0.142. The van der Waals surface area contributed by atoms with E-state index in [2.05, 4.69) is 38.1 Å². The van der Waals surface area contributed by atoms with Gasteiger partial charge in [-0.2, -0.15) is 0 Å². The molecule has 0 spiro atoms. The van der Waals surface area contributed by atoms with Gasteiger partial charge < -0.3 is 4.52 Å². The molecule has 122 valence electrons. The van der Waals surface area contributed by atoms with Crippen LogP contribution in [0.1, 0.15) is 58.1 Å². The van der Waals surface area contributed by atoms with E-state index in [9.17, 15) is 4.57 Å². The van der Waals surface area contributed by atoms with E-state index in [0.29, 0.717) is 6.61 Å². The summed E-state index contributed by atoms with van der Waals surface area (Å²) in [6.07, 6.45) is 2.80. The van der Waals surface area contributed by atoms with Gasteiger partial charge in [-0.25, -0.2) is 0 Å². The van der Waals surface area contributed by atoms with Crippen LogP contribution < -0.4 is 0 Å². The number of aryl methyl sites for hydroxylation is 1. The van der Waals surface area contributed by atoms with Gasteiger partial charge in [-0.3, -0.25) is 9.09 Å². The summed E-state index contributed by atoms with van der Waals surface area (Å²) in [4.78, 5) is 0. The van der Waals surface area contributed by atoms with Crippen molar-refractivity contribution >= 4 is 13.2 Å². The fraction of sp³-hybridized carbons (Fsp3) is 0.556. The van der Waals surface area contributed by atoms with E-state index in [4.69, 9.17) is 9.05 Å². The fourth-order valence-electron chi connectivity index (χ4n) is 3.00. The molecule has 2 rings (SSSR count). The molecule has 0 aliphatic carbocycles. The van der Waals surface area contributed by atoms with E-state index in [-0.39, 0.29) is 0 Å². The van der Waals surface area contributed by atoms with Crippen LogP contribution in [0.2, 0.25) is 0 Å². The van der Waals surface area contributed by atoms with Crippen molar-refractivity contribution < 1.29 is 13.6 Å². The molecule has 0 saturated carbocycles. The van der Waals surface area contributed by atoms with Gasteiger partial charge in [0.05, 0.1) is 12.2 Å². The zero-order valence-corrected chi connectivity index (χ0v) is 15.2. The Kier molecular flexibility index (Phi) is 5.32. The zero-order chi connectivity index (χ0) is 16.4. The number of benzene rings is 1. The number of allylic oxidation sites excluding steroid dienone is 1. The van der Waals surface area contributed by atoms with Gasteiger partial charge in [0.15, 0.2) is 0 Å². The Labute approximate surface area is 134 Å². The van der Waals surface area contributed by atoms with Gasteiger partial charge in [0, 0.05) is 10.9 Å². The Morgan fingerprint density at radius 2 is 1.82 bits per heavy atom. The van der Waals surface area contributed by atoms with Crippen LogP contribution in [0.5, 0.6) is 0 Å². The lowest BCUT2D eigenvalue weighted by Crippen LogP contribution is -2.20. The highest BCUT2D eigenvalue weighted by Crippen LogP contribution is 2.69. The smallest absolute Gasteiger partial charge is 0.306 e. The number of hydrogen-bond acceptors (Lipinski definition) is 3. The van der Waals surface area contributed by atoms with Crippen molar-refractivity contribution in [3.05, 3.63) is 40.7 Å². The van der Waals surface area contributed by atoms with Gasteiger partial charge in [-0.15, -0.1) is 0 Å². The first-order valence-electron chi connectivity index (χ1n) is 8.10. The van der Waals surface area contributed by atoms with Crippen LogP contribution in [0.4, 0.5) is 0 Å². The molecule has 3 nitrogen and oxygen atoms in total. The van der Waals surface area contributed by atoms with Crippen LogP contribution in [-0.4, -0.2) is 12.2 Å². The minimum absolute atomic E-state index is 0.393. The van der Waals surface area contributed by atoms with E-state index in [1.54, 1.807) is 0 Å². The third-order valence-electron chi connectivity index (χ3n) is 3.98. The molecule has 0 aromatic heterocycles. The maximum atomic E-state index is 13.2. The SMILES string of the molecule is CCCCC1=C(c2ccc(C)cc2)C(C)(C)OP1(=O)OCC. The van der Waals surface area contributed by atoms with Gasteiger partial charge in [0.25, 0.3) is 0 Å². The monoisotopic (exact) mass is 322 g/mol. The van der Waals surface area contributed by atoms with Crippen LogP contribution >= 0.6 is 7.60 Å². The summed E-state index contributed by atoms with van der Waals surface area (Å²) in [5.41, 5.74) is 2.74. The summed E-state index contributed by atoms with van der Waals surface area (Å²) in [6, 6.07) is 8.34. The van der Waals surface area contributed by atoms with E-state index in [1.165, 1.54) is 5.56 Å². The zero-order valence-electron chi connectivity index (χ0n) is 14.3. The Hall–Kier alpha value is -0.890. The molecule has 4 heteroatoms. The second-order valence-electron chi connectivity index (χ2n) is 6.31. The quantitative estimate of drug-likeness (QED) is 0.608. The molecule has 0 fully saturated rings. The summed E-state index contributed by atoms with van der Waals surface area (Å²) in [6.45, 7) is 10.4. The van der Waals surface area contributed by atoms with Crippen LogP contribution in [0.15, 0.2) is 29.6 Å². The lowest BCUT2D eigenvalue weighted by Gasteiger charge is -2.23. The summed E-state index contributed by atoms with van der Waals surface area (Å²) in [7, 11) is -3.19. The molecule has 0 bridgehead atoms. The average Bonchev–Trinajstić information content (AvgIpc) is 2.63. The Balaban J connectivity index is 2.58. The highest BCUT2D eigenvalue weighted by atomic mass is 31.2. The second-order valence-corrected chi connectivity index (χ2v) is 8.28. The molecule has 0 radical (unpaired) electrons. The topological polar surface area (TPSA) is 35.5 Å². The molecule has 1 aliphatic heterocycles. The van der Waals surface area contributed by atoms with Gasteiger partial charge in [-0.1, -0.05) is 43.2 Å². The average molecular weight is 322 g/mol. The molecule has 1 aromatic carbocycles. The molecule has 0 amide bonds. The fourth-order valence-corrected chi connectivity index (χ4v) is 5.46. The molecule has 1 unspecified atom stereocenters. The summed E-state index contributed by atoms with van der Waals surface area (Å²) >= 11 is 0. The first-order valence-corrected chi connectivity index (χ1v) is 9.65. The molecular formula is C18H27O3P. The van der Waals surface area contributed by atoms with E-state index < -0.39 is 13.2 Å². The summed E-state index contributed by atoms with van der Waals surface area (Å²) in [5, 5.41) is 0.866. The first-order chi connectivity index (χ1) is 10.3. The summed E-state index contributed by atoms with van der Waals surface area (Å²) in [5.74, 6) is 0. The van der Waals surface area contributed by atoms with Crippen molar-refractivity contribution in [2.75, 3.05) is 6.61 Å². The largest absolute Gasteiger partial charge is 0.358 e. The predicted molar refractivity (Wildman–Crippen MR) is 92.0 cm³/mol. The van der Waals surface area contributed by atoms with Crippen molar-refractivity contribution in [2.45, 2.75) is 59.5 Å². The molecule has 22 heavy (non-hydrogen) atoms. The molecule has 0 N–H and O–H groups in total.